The minimum atomic E-state index is -0.312. The molecule has 4 aromatic carbocycles. The standard InChI is InChI=1S/C15H14O2.C14H16O2.C14H14O2.C14H12O2/c1-11-3-5-13(6-4-11)7-8-14-9-12(2)10-15(16)17-14;3*1-11-9-13(16-14(15)10-11)8-7-12-5-3-2-4-6-12/h3-10H,1-2H3;2-6,10,13H,7-9H2,1H3;2-8,10,13H,9H2,1H3;2-10H,1H3/b8-7+;;2*8-7+. The van der Waals surface area contributed by atoms with Gasteiger partial charge in [0.1, 0.15) is 23.7 Å². The van der Waals surface area contributed by atoms with Crippen LogP contribution in [0.4, 0.5) is 0 Å². The number of hydrogen-bond donors (Lipinski definition) is 0. The van der Waals surface area contributed by atoms with Gasteiger partial charge in [-0.25, -0.2) is 19.2 Å². The Balaban J connectivity index is 0.000000163. The van der Waals surface area contributed by atoms with E-state index in [1.807, 2.05) is 174 Å². The van der Waals surface area contributed by atoms with Gasteiger partial charge in [-0.1, -0.05) is 150 Å². The summed E-state index contributed by atoms with van der Waals surface area (Å²) in [5.74, 6) is 0.720. The lowest BCUT2D eigenvalue weighted by molar-refractivity contribution is -0.144. The highest BCUT2D eigenvalue weighted by Gasteiger charge is 2.19. The Morgan fingerprint density at radius 2 is 0.938 bits per heavy atom. The van der Waals surface area contributed by atoms with Gasteiger partial charge in [0.2, 0.25) is 0 Å². The molecule has 8 nitrogen and oxygen atoms in total. The summed E-state index contributed by atoms with van der Waals surface area (Å²) in [6.07, 6.45) is 17.9. The first kappa shape index (κ1) is 48.5. The van der Waals surface area contributed by atoms with Crippen LogP contribution in [0.15, 0.2) is 187 Å². The number of rotatable bonds is 9. The van der Waals surface area contributed by atoms with E-state index in [1.165, 1.54) is 23.3 Å². The number of benzene rings is 4. The van der Waals surface area contributed by atoms with Crippen molar-refractivity contribution in [3.8, 4) is 0 Å². The number of ether oxygens (including phenoxy) is 2. The molecule has 0 saturated heterocycles. The molecule has 8 rings (SSSR count). The van der Waals surface area contributed by atoms with Crippen molar-refractivity contribution in [1.29, 1.82) is 0 Å². The first-order valence-corrected chi connectivity index (χ1v) is 21.6. The molecular formula is C57H56O8. The second kappa shape index (κ2) is 25.5. The van der Waals surface area contributed by atoms with E-state index in [0.29, 0.717) is 11.5 Å². The van der Waals surface area contributed by atoms with Gasteiger partial charge in [0.05, 0.1) is 0 Å². The molecule has 2 aliphatic rings. The molecule has 0 spiro atoms. The Kier molecular flexibility index (Phi) is 19.0. The Morgan fingerprint density at radius 3 is 1.43 bits per heavy atom. The highest BCUT2D eigenvalue weighted by Crippen LogP contribution is 2.20. The largest absolute Gasteiger partial charge is 0.459 e. The summed E-state index contributed by atoms with van der Waals surface area (Å²) in [5, 5.41) is 0. The maximum absolute atomic E-state index is 11.2. The predicted octanol–water partition coefficient (Wildman–Crippen LogP) is 12.4. The van der Waals surface area contributed by atoms with Crippen LogP contribution >= 0.6 is 0 Å². The van der Waals surface area contributed by atoms with Gasteiger partial charge in [-0.05, 0) is 111 Å². The van der Waals surface area contributed by atoms with Crippen molar-refractivity contribution < 1.29 is 27.9 Å². The minimum absolute atomic E-state index is 0.0534. The molecule has 0 saturated carbocycles. The van der Waals surface area contributed by atoms with Gasteiger partial charge in [0.15, 0.2) is 0 Å². The fraction of sp³-hybridized carbons (Fsp3) is 0.193. The van der Waals surface area contributed by atoms with Crippen molar-refractivity contribution in [2.24, 2.45) is 0 Å². The normalized spacial score (nSPS) is 15.6. The summed E-state index contributed by atoms with van der Waals surface area (Å²) in [4.78, 5) is 44.6. The molecule has 0 bridgehead atoms. The smallest absolute Gasteiger partial charge is 0.336 e. The molecule has 2 unspecified atom stereocenters. The summed E-state index contributed by atoms with van der Waals surface area (Å²) in [7, 11) is 0. The maximum Gasteiger partial charge on any atom is 0.336 e. The summed E-state index contributed by atoms with van der Waals surface area (Å²) in [6, 6.07) is 44.9. The summed E-state index contributed by atoms with van der Waals surface area (Å²) in [6.45, 7) is 9.73. The third-order valence-corrected chi connectivity index (χ3v) is 9.88. The quantitative estimate of drug-likeness (QED) is 0.132. The van der Waals surface area contributed by atoms with E-state index in [0.717, 1.165) is 64.6 Å². The van der Waals surface area contributed by atoms with Crippen LogP contribution in [0.3, 0.4) is 0 Å². The van der Waals surface area contributed by atoms with Crippen molar-refractivity contribution in [1.82, 2.24) is 0 Å². The fourth-order valence-corrected chi connectivity index (χ4v) is 6.70. The van der Waals surface area contributed by atoms with E-state index >= 15 is 0 Å². The van der Waals surface area contributed by atoms with Crippen LogP contribution in [0, 0.1) is 20.8 Å². The lowest BCUT2D eigenvalue weighted by Gasteiger charge is -2.21. The Labute approximate surface area is 381 Å². The molecular weight excluding hydrogens is 813 g/mol. The van der Waals surface area contributed by atoms with Gasteiger partial charge in [-0.15, -0.1) is 0 Å². The number of aryl methyl sites for hydroxylation is 4. The third-order valence-electron chi connectivity index (χ3n) is 9.88. The number of hydrogen-bond acceptors (Lipinski definition) is 8. The van der Waals surface area contributed by atoms with E-state index in [-0.39, 0.29) is 35.4 Å². The molecule has 2 aromatic heterocycles. The number of carbonyl (C=O) groups is 2. The number of carbonyl (C=O) groups excluding carboxylic acids is 2. The van der Waals surface area contributed by atoms with Gasteiger partial charge >= 0.3 is 23.2 Å². The SMILES string of the molecule is CC1=CC(=O)OC(/C=C/c2ccccc2)C1.CC1=CC(=O)OC(CCc2ccccc2)C1.Cc1cc(/C=C/c2ccccc2)oc(=O)c1.Cc1ccc(/C=C/c2cc(C)cc(=O)o2)cc1. The van der Waals surface area contributed by atoms with Crippen molar-refractivity contribution in [2.75, 3.05) is 0 Å². The fourth-order valence-electron chi connectivity index (χ4n) is 6.70. The molecule has 8 heteroatoms. The summed E-state index contributed by atoms with van der Waals surface area (Å²) >= 11 is 0. The van der Waals surface area contributed by atoms with Gasteiger partial charge in [0.25, 0.3) is 0 Å². The Hall–Kier alpha value is -7.58. The second-order valence-corrected chi connectivity index (χ2v) is 15.9. The van der Waals surface area contributed by atoms with Crippen molar-refractivity contribution in [3.05, 3.63) is 240 Å². The minimum Gasteiger partial charge on any atom is -0.459 e. The Morgan fingerprint density at radius 1 is 0.477 bits per heavy atom. The lowest BCUT2D eigenvalue weighted by Crippen LogP contribution is -2.22. The van der Waals surface area contributed by atoms with Gasteiger partial charge in [-0.3, -0.25) is 0 Å². The van der Waals surface area contributed by atoms with E-state index in [2.05, 4.69) is 12.1 Å². The first-order valence-electron chi connectivity index (χ1n) is 21.6. The monoisotopic (exact) mass is 868 g/mol. The highest BCUT2D eigenvalue weighted by molar-refractivity contribution is 5.84. The number of cyclic esters (lactones) is 2. The molecule has 0 amide bonds. The van der Waals surface area contributed by atoms with Crippen LogP contribution in [-0.4, -0.2) is 24.1 Å². The Bertz CT molecular complexity index is 2720. The predicted molar refractivity (Wildman–Crippen MR) is 262 cm³/mol. The van der Waals surface area contributed by atoms with Crippen LogP contribution in [-0.2, 0) is 25.5 Å². The van der Waals surface area contributed by atoms with Crippen LogP contribution in [0.1, 0.15) is 83.6 Å². The van der Waals surface area contributed by atoms with Crippen molar-refractivity contribution in [2.45, 2.75) is 72.5 Å². The summed E-state index contributed by atoms with van der Waals surface area (Å²) < 4.78 is 20.5. The molecule has 65 heavy (non-hydrogen) atoms. The first-order chi connectivity index (χ1) is 31.3. The van der Waals surface area contributed by atoms with Crippen LogP contribution < -0.4 is 11.3 Å². The molecule has 4 heterocycles. The topological polar surface area (TPSA) is 113 Å². The zero-order valence-corrected chi connectivity index (χ0v) is 37.6. The molecule has 2 aliphatic heterocycles. The lowest BCUT2D eigenvalue weighted by atomic mass is 10.0. The van der Waals surface area contributed by atoms with Gasteiger partial charge in [-0.2, -0.15) is 0 Å². The van der Waals surface area contributed by atoms with Gasteiger partial charge < -0.3 is 18.3 Å². The van der Waals surface area contributed by atoms with Crippen LogP contribution in [0.25, 0.3) is 30.4 Å². The molecule has 0 aliphatic carbocycles. The zero-order chi connectivity index (χ0) is 46.4. The van der Waals surface area contributed by atoms with E-state index in [1.54, 1.807) is 24.3 Å². The molecule has 0 fully saturated rings. The molecule has 6 aromatic rings. The maximum atomic E-state index is 11.2. The molecule has 0 radical (unpaired) electrons. The van der Waals surface area contributed by atoms with Crippen LogP contribution in [0.2, 0.25) is 0 Å². The van der Waals surface area contributed by atoms with E-state index in [4.69, 9.17) is 18.3 Å². The molecule has 2 atom stereocenters. The zero-order valence-electron chi connectivity index (χ0n) is 37.6. The highest BCUT2D eigenvalue weighted by atomic mass is 16.5. The second-order valence-electron chi connectivity index (χ2n) is 15.9. The average Bonchev–Trinajstić information content (AvgIpc) is 3.27. The van der Waals surface area contributed by atoms with Crippen molar-refractivity contribution in [3.63, 3.8) is 0 Å². The third kappa shape index (κ3) is 18.7. The molecule has 332 valence electrons. The summed E-state index contributed by atoms with van der Waals surface area (Å²) in [5.41, 5.74) is 9.18. The molecule has 0 N–H and O–H groups in total. The van der Waals surface area contributed by atoms with E-state index < -0.39 is 0 Å². The van der Waals surface area contributed by atoms with Crippen LogP contribution in [0.5, 0.6) is 0 Å². The van der Waals surface area contributed by atoms with E-state index in [9.17, 15) is 19.2 Å². The average molecular weight is 869 g/mol. The number of esters is 2. The van der Waals surface area contributed by atoms with Crippen molar-refractivity contribution >= 4 is 42.3 Å². The van der Waals surface area contributed by atoms with Gasteiger partial charge in [0, 0.05) is 37.1 Å².